The molecule has 0 saturated heterocycles. The smallest absolute Gasteiger partial charge is 0.200 e. The molecule has 0 aliphatic heterocycles. The first-order valence-electron chi connectivity index (χ1n) is 12.2. The Morgan fingerprint density at radius 1 is 0.385 bits per heavy atom. The molecule has 1 nitrogen and oxygen atoms in total. The second kappa shape index (κ2) is 8.60. The number of halogens is 5. The lowest BCUT2D eigenvalue weighted by molar-refractivity contribution is 0.381. The van der Waals surface area contributed by atoms with Gasteiger partial charge in [0.05, 0.1) is 17.0 Å². The van der Waals surface area contributed by atoms with Gasteiger partial charge in [-0.3, -0.25) is 0 Å². The third-order valence-electron chi connectivity index (χ3n) is 7.20. The van der Waals surface area contributed by atoms with Crippen molar-refractivity contribution in [2.75, 3.05) is 0 Å². The van der Waals surface area contributed by atoms with Crippen LogP contribution >= 0.6 is 0 Å². The van der Waals surface area contributed by atoms with E-state index in [1.807, 2.05) is 42.5 Å². The van der Waals surface area contributed by atoms with Gasteiger partial charge in [0.25, 0.3) is 0 Å². The summed E-state index contributed by atoms with van der Waals surface area (Å²) in [5.41, 5.74) is 3.50. The number of aromatic nitrogens is 1. The van der Waals surface area contributed by atoms with E-state index in [1.165, 1.54) is 0 Å². The lowest BCUT2D eigenvalue weighted by atomic mass is 9.87. The van der Waals surface area contributed by atoms with Gasteiger partial charge in [0, 0.05) is 22.3 Å². The molecular weight excluding hydrogens is 505 g/mol. The largest absolute Gasteiger partial charge is 0.246 e. The molecule has 39 heavy (non-hydrogen) atoms. The summed E-state index contributed by atoms with van der Waals surface area (Å²) >= 11 is 0. The van der Waals surface area contributed by atoms with Crippen LogP contribution in [0.15, 0.2) is 97.1 Å². The van der Waals surface area contributed by atoms with Crippen LogP contribution < -0.4 is 0 Å². The van der Waals surface area contributed by atoms with Gasteiger partial charge in [0.15, 0.2) is 23.3 Å². The Morgan fingerprint density at radius 3 is 1.49 bits per heavy atom. The minimum atomic E-state index is -2.21. The molecule has 1 heterocycles. The van der Waals surface area contributed by atoms with E-state index in [1.54, 1.807) is 54.6 Å². The minimum Gasteiger partial charge on any atom is -0.246 e. The minimum absolute atomic E-state index is 0.289. The van der Waals surface area contributed by atoms with Crippen molar-refractivity contribution in [3.8, 4) is 55.9 Å². The highest BCUT2D eigenvalue weighted by molar-refractivity contribution is 6.21. The van der Waals surface area contributed by atoms with Crippen molar-refractivity contribution in [2.45, 2.75) is 0 Å². The number of rotatable bonds is 3. The van der Waals surface area contributed by atoms with E-state index >= 15 is 8.78 Å². The van der Waals surface area contributed by atoms with Crippen LogP contribution in [0.4, 0.5) is 22.0 Å². The zero-order chi connectivity index (χ0) is 26.8. The normalized spacial score (nSPS) is 11.7. The van der Waals surface area contributed by atoms with Gasteiger partial charge in [-0.25, -0.2) is 26.9 Å². The van der Waals surface area contributed by atoms with Gasteiger partial charge in [0.2, 0.25) is 5.82 Å². The molecule has 5 aromatic carbocycles. The number of hydrogen-bond donors (Lipinski definition) is 0. The summed E-state index contributed by atoms with van der Waals surface area (Å²) in [4.78, 5) is 4.73. The molecule has 0 atom stereocenters. The van der Waals surface area contributed by atoms with Crippen LogP contribution in [0.25, 0.3) is 66.7 Å². The maximum absolute atomic E-state index is 15.4. The predicted molar refractivity (Wildman–Crippen MR) is 142 cm³/mol. The summed E-state index contributed by atoms with van der Waals surface area (Å²) in [6.07, 6.45) is 0. The van der Waals surface area contributed by atoms with Crippen LogP contribution in [0.3, 0.4) is 0 Å². The fraction of sp³-hybridized carbons (Fsp3) is 0. The Morgan fingerprint density at radius 2 is 0.897 bits per heavy atom. The first-order chi connectivity index (χ1) is 19.0. The average Bonchev–Trinajstić information content (AvgIpc) is 3.31. The molecule has 7 rings (SSSR count). The highest BCUT2D eigenvalue weighted by Crippen LogP contribution is 2.56. The average molecular weight is 521 g/mol. The molecule has 1 aromatic heterocycles. The van der Waals surface area contributed by atoms with Gasteiger partial charge < -0.3 is 0 Å². The summed E-state index contributed by atoms with van der Waals surface area (Å²) < 4.78 is 73.9. The van der Waals surface area contributed by atoms with E-state index < -0.39 is 34.6 Å². The standard InChI is InChI=1S/C33H16F5N/c34-27-26(28(35)30(37)31(38)29(27)36)33-23(18-9-3-1-4-10-18)24-20-15-7-13-17-14-8-16-21(22(17)20)25(24)32(39-33)19-11-5-2-6-12-19/h1-16H. The number of fused-ring (bicyclic) bond motifs is 3. The maximum atomic E-state index is 15.4. The first-order valence-corrected chi connectivity index (χ1v) is 12.2. The quantitative estimate of drug-likeness (QED) is 0.128. The highest BCUT2D eigenvalue weighted by Gasteiger charge is 2.35. The van der Waals surface area contributed by atoms with Crippen LogP contribution in [-0.4, -0.2) is 4.98 Å². The molecule has 6 heteroatoms. The molecule has 6 aromatic rings. The Hall–Kier alpha value is -4.84. The van der Waals surface area contributed by atoms with Gasteiger partial charge in [-0.15, -0.1) is 0 Å². The molecule has 0 spiro atoms. The van der Waals surface area contributed by atoms with E-state index in [4.69, 9.17) is 4.98 Å². The van der Waals surface area contributed by atoms with Crippen LogP contribution in [0, 0.1) is 29.1 Å². The monoisotopic (exact) mass is 521 g/mol. The lowest BCUT2D eigenvalue weighted by Gasteiger charge is -2.20. The Labute approximate surface area is 219 Å². The number of hydrogen-bond acceptors (Lipinski definition) is 1. The fourth-order valence-electron chi connectivity index (χ4n) is 5.56. The lowest BCUT2D eigenvalue weighted by Crippen LogP contribution is -2.07. The van der Waals surface area contributed by atoms with E-state index in [0.717, 1.165) is 27.5 Å². The third kappa shape index (κ3) is 3.27. The molecule has 188 valence electrons. The Kier molecular flexibility index (Phi) is 5.13. The zero-order valence-corrected chi connectivity index (χ0v) is 20.1. The predicted octanol–water partition coefficient (Wildman–Crippen LogP) is 9.58. The molecule has 0 N–H and O–H groups in total. The second-order valence-electron chi connectivity index (χ2n) is 9.32. The van der Waals surface area contributed by atoms with Crippen molar-refractivity contribution in [2.24, 2.45) is 0 Å². The van der Waals surface area contributed by atoms with Gasteiger partial charge >= 0.3 is 0 Å². The van der Waals surface area contributed by atoms with Crippen LogP contribution in [0.2, 0.25) is 0 Å². The number of pyridine rings is 1. The molecule has 0 fully saturated rings. The molecule has 1 aliphatic rings. The second-order valence-corrected chi connectivity index (χ2v) is 9.32. The summed E-state index contributed by atoms with van der Waals surface area (Å²) in [7, 11) is 0. The first kappa shape index (κ1) is 23.3. The molecular formula is C33H16F5N. The van der Waals surface area contributed by atoms with Gasteiger partial charge in [-0.05, 0) is 27.5 Å². The highest BCUT2D eigenvalue weighted by atomic mass is 19.2. The maximum Gasteiger partial charge on any atom is 0.200 e. The molecule has 0 radical (unpaired) electrons. The summed E-state index contributed by atoms with van der Waals surface area (Å²) in [6, 6.07) is 29.4. The third-order valence-corrected chi connectivity index (χ3v) is 7.20. The van der Waals surface area contributed by atoms with E-state index in [0.29, 0.717) is 22.4 Å². The van der Waals surface area contributed by atoms with Crippen molar-refractivity contribution in [3.63, 3.8) is 0 Å². The number of benzene rings is 5. The molecule has 0 bridgehead atoms. The van der Waals surface area contributed by atoms with E-state index in [9.17, 15) is 13.2 Å². The van der Waals surface area contributed by atoms with Crippen LogP contribution in [-0.2, 0) is 0 Å². The van der Waals surface area contributed by atoms with Crippen LogP contribution in [0.1, 0.15) is 0 Å². The van der Waals surface area contributed by atoms with Gasteiger partial charge in [-0.2, -0.15) is 0 Å². The van der Waals surface area contributed by atoms with Crippen molar-refractivity contribution in [3.05, 3.63) is 126 Å². The number of nitrogens with zero attached hydrogens (tertiary/aromatic N) is 1. The van der Waals surface area contributed by atoms with E-state index in [2.05, 4.69) is 0 Å². The summed E-state index contributed by atoms with van der Waals surface area (Å²) in [5, 5.41) is 1.89. The van der Waals surface area contributed by atoms with Crippen LogP contribution in [0.5, 0.6) is 0 Å². The Bertz CT molecular complexity index is 1920. The van der Waals surface area contributed by atoms with E-state index in [-0.39, 0.29) is 11.3 Å². The van der Waals surface area contributed by atoms with Gasteiger partial charge in [0.1, 0.15) is 0 Å². The molecule has 0 unspecified atom stereocenters. The van der Waals surface area contributed by atoms with Crippen molar-refractivity contribution in [1.29, 1.82) is 0 Å². The zero-order valence-electron chi connectivity index (χ0n) is 20.1. The summed E-state index contributed by atoms with van der Waals surface area (Å²) in [5.74, 6) is -10.1. The SMILES string of the molecule is Fc1c(F)c(F)c(-c2nc(-c3ccccc3)c3c(c2-c2ccccc2)-c2cccc4cccc-3c24)c(F)c1F. The molecule has 0 amide bonds. The summed E-state index contributed by atoms with van der Waals surface area (Å²) in [6.45, 7) is 0. The Balaban J connectivity index is 1.74. The van der Waals surface area contributed by atoms with Crippen molar-refractivity contribution in [1.82, 2.24) is 4.98 Å². The molecule has 1 aliphatic carbocycles. The van der Waals surface area contributed by atoms with Crippen molar-refractivity contribution < 1.29 is 22.0 Å². The van der Waals surface area contributed by atoms with Gasteiger partial charge in [-0.1, -0.05) is 97.1 Å². The topological polar surface area (TPSA) is 12.9 Å². The molecule has 0 saturated carbocycles. The van der Waals surface area contributed by atoms with Crippen molar-refractivity contribution >= 4 is 10.8 Å². The fourth-order valence-corrected chi connectivity index (χ4v) is 5.56.